The number of ketones is 1. The lowest BCUT2D eigenvalue weighted by molar-refractivity contribution is -0.205. The zero-order chi connectivity index (χ0) is 66.2. The molecule has 8 aliphatic rings. The van der Waals surface area contributed by atoms with Crippen LogP contribution in [0.2, 0.25) is 0 Å². The van der Waals surface area contributed by atoms with Gasteiger partial charge in [-0.25, -0.2) is 4.79 Å². The molecule has 7 N–H and O–H groups in total. The number of aliphatic hydroxyl groups is 3. The average Bonchev–Trinajstić information content (AvgIpc) is 1.06. The van der Waals surface area contributed by atoms with Crippen LogP contribution in [0, 0.1) is 30.6 Å². The lowest BCUT2D eigenvalue weighted by atomic mass is 9.86. The summed E-state index contributed by atoms with van der Waals surface area (Å²) in [7, 11) is 1.52. The van der Waals surface area contributed by atoms with E-state index in [0.717, 1.165) is 55.4 Å². The summed E-state index contributed by atoms with van der Waals surface area (Å²) in [4.78, 5) is 143. The van der Waals surface area contributed by atoms with Crippen LogP contribution in [0.5, 0.6) is 0 Å². The van der Waals surface area contributed by atoms with Crippen molar-refractivity contribution in [2.45, 2.75) is 188 Å². The number of hydrogen-bond donors (Lipinski definition) is 7. The van der Waals surface area contributed by atoms with E-state index >= 15 is 14.4 Å². The summed E-state index contributed by atoms with van der Waals surface area (Å²) in [5.41, 5.74) is 1.09. The number of nitrogens with one attached hydrogen (secondary N) is 4. The number of ether oxygens (including phenoxy) is 2. The molecule has 26 heteroatoms. The number of carbonyl (C=O) groups excluding carboxylic acids is 9. The standard InChI is InChI=1S/C66H94ClN9O14S2/c1-8-39-28-43(59(82)70-52(37(4)67)58-56(80)55(79)57(81)66(90-58)91-7)32-74(31-39)27-23-51(78)69-53-38(5)89-65(88)54(42-14-11-10-12-15-42)71-60(83)47-30-49(77)44(35-92-50-34-73-25-21-41(50)22-26-73)33-76(47)64(87)48(29-40-19-17-36(3)18-20-40)72(6)63(86)46-16-13-24-75(46)62(85)45(9-2)68-61(53)84/h10-12,14-15,17-20,37-39,41,43-48,50,52-58,66,79-81H,8-9,13,16,21-35H2,1-7H3,(H,68,84)(H,69,78)(H,70,82)(H,71,83)/t37?,38-,39?,43?,44+,45-,46+,47+,48+,50?,52?,53+,54+,55-,56-,57?,58?,66-/m1/s1. The monoisotopic (exact) mass is 1340 g/mol. The third-order valence-electron chi connectivity index (χ3n) is 20.1. The molecule has 0 aromatic heterocycles. The van der Waals surface area contributed by atoms with E-state index in [0.29, 0.717) is 42.7 Å². The van der Waals surface area contributed by atoms with E-state index < -0.39 is 137 Å². The highest BCUT2D eigenvalue weighted by Crippen LogP contribution is 2.38. The number of halogens is 1. The zero-order valence-electron chi connectivity index (χ0n) is 53.9. The Morgan fingerprint density at radius 1 is 0.815 bits per heavy atom. The molecule has 92 heavy (non-hydrogen) atoms. The number of likely N-dealkylation sites (N-methyl/N-ethyl adjacent to an activating group) is 1. The van der Waals surface area contributed by atoms with Gasteiger partial charge >= 0.3 is 5.97 Å². The Balaban J connectivity index is 0.987. The first kappa shape index (κ1) is 70.9. The Morgan fingerprint density at radius 3 is 2.18 bits per heavy atom. The number of cyclic esters (lactones) is 1. The second-order valence-electron chi connectivity index (χ2n) is 26.3. The third-order valence-corrected chi connectivity index (χ3v) is 22.8. The number of aryl methyl sites for hydroxylation is 1. The maximum Gasteiger partial charge on any atom is 0.333 e. The molecule has 0 saturated carbocycles. The average molecular weight is 1340 g/mol. The smallest absolute Gasteiger partial charge is 0.333 e. The van der Waals surface area contributed by atoms with Crippen LogP contribution in [0.25, 0.3) is 0 Å². The molecule has 23 nitrogen and oxygen atoms in total. The summed E-state index contributed by atoms with van der Waals surface area (Å²) >= 11 is 9.49. The summed E-state index contributed by atoms with van der Waals surface area (Å²) < 4.78 is 12.1. The van der Waals surface area contributed by atoms with E-state index in [4.69, 9.17) is 21.1 Å². The normalized spacial score (nSPS) is 34.5. The van der Waals surface area contributed by atoms with Crippen molar-refractivity contribution in [1.82, 2.24) is 45.8 Å². The number of alkyl halides is 1. The van der Waals surface area contributed by atoms with Gasteiger partial charge in [0.15, 0.2) is 6.04 Å². The summed E-state index contributed by atoms with van der Waals surface area (Å²) in [6.45, 7) is 12.6. The van der Waals surface area contributed by atoms with Gasteiger partial charge in [-0.1, -0.05) is 80.4 Å². The molecule has 0 radical (unpaired) electrons. The van der Waals surface area contributed by atoms with Crippen molar-refractivity contribution in [3.8, 4) is 0 Å². The summed E-state index contributed by atoms with van der Waals surface area (Å²) in [5, 5.41) is 43.1. The second kappa shape index (κ2) is 31.9. The Hall–Kier alpha value is -5.38. The molecule has 2 aromatic carbocycles. The van der Waals surface area contributed by atoms with Gasteiger partial charge in [-0.05, 0) is 102 Å². The van der Waals surface area contributed by atoms with Crippen molar-refractivity contribution in [1.29, 1.82) is 0 Å². The number of likely N-dealkylation sites (tertiary alicyclic amines) is 1. The number of amides is 7. The number of piperidine rings is 5. The maximum absolute atomic E-state index is 15.8. The van der Waals surface area contributed by atoms with Crippen LogP contribution < -0.4 is 21.3 Å². The molecule has 8 saturated heterocycles. The number of fused-ring (bicyclic) bond motifs is 5. The fraction of sp³-hybridized carbons (Fsp3) is 0.682. The topological polar surface area (TPSA) is 297 Å². The Morgan fingerprint density at radius 2 is 1.53 bits per heavy atom. The van der Waals surface area contributed by atoms with Crippen LogP contribution in [0.4, 0.5) is 0 Å². The van der Waals surface area contributed by atoms with E-state index in [1.54, 1.807) is 62.2 Å². The molecule has 7 amide bonds. The van der Waals surface area contributed by atoms with Crippen LogP contribution in [-0.4, -0.2) is 247 Å². The van der Waals surface area contributed by atoms with Gasteiger partial charge in [-0.3, -0.25) is 38.4 Å². The molecule has 8 fully saturated rings. The van der Waals surface area contributed by atoms with Gasteiger partial charge in [0.25, 0.3) is 0 Å². The molecular formula is C66H94ClN9O14S2. The molecule has 18 atom stereocenters. The first-order valence-corrected chi connectivity index (χ1v) is 35.6. The fourth-order valence-corrected chi connectivity index (χ4v) is 16.9. The molecule has 8 heterocycles. The number of nitrogens with zero attached hydrogens (tertiary/aromatic N) is 5. The van der Waals surface area contributed by atoms with Gasteiger partial charge < -0.3 is 70.6 Å². The minimum Gasteiger partial charge on any atom is -0.458 e. The van der Waals surface area contributed by atoms with Gasteiger partial charge in [0.1, 0.15) is 71.9 Å². The van der Waals surface area contributed by atoms with E-state index in [9.17, 15) is 44.1 Å². The molecule has 10 rings (SSSR count). The van der Waals surface area contributed by atoms with Gasteiger partial charge in [-0.2, -0.15) is 11.8 Å². The van der Waals surface area contributed by atoms with Crippen LogP contribution >= 0.6 is 35.1 Å². The summed E-state index contributed by atoms with van der Waals surface area (Å²) in [6.07, 6.45) is -1.85. The Kier molecular flexibility index (Phi) is 24.6. The first-order valence-electron chi connectivity index (χ1n) is 32.8. The predicted octanol–water partition coefficient (Wildman–Crippen LogP) is 2.17. The highest BCUT2D eigenvalue weighted by molar-refractivity contribution is 8.00. The van der Waals surface area contributed by atoms with E-state index in [-0.39, 0.29) is 81.5 Å². The quantitative estimate of drug-likeness (QED) is 0.0882. The van der Waals surface area contributed by atoms with Crippen LogP contribution in [0.1, 0.15) is 108 Å². The predicted molar refractivity (Wildman–Crippen MR) is 348 cm³/mol. The largest absolute Gasteiger partial charge is 0.458 e. The van der Waals surface area contributed by atoms with Crippen LogP contribution in [0.3, 0.4) is 0 Å². The fourth-order valence-electron chi connectivity index (χ4n) is 14.4. The molecule has 2 bridgehead atoms. The number of thioether (sulfide) groups is 2. The zero-order valence-corrected chi connectivity index (χ0v) is 56.3. The minimum atomic E-state index is -1.63. The van der Waals surface area contributed by atoms with Crippen LogP contribution in [-0.2, 0) is 59.0 Å². The first-order chi connectivity index (χ1) is 44.0. The Bertz CT molecular complexity index is 2950. The molecule has 506 valence electrons. The van der Waals surface area contributed by atoms with Crippen molar-refractivity contribution in [3.63, 3.8) is 0 Å². The van der Waals surface area contributed by atoms with E-state index in [1.165, 1.54) is 28.7 Å². The highest BCUT2D eigenvalue weighted by atomic mass is 35.5. The molecular weight excluding hydrogens is 1240 g/mol. The highest BCUT2D eigenvalue weighted by Gasteiger charge is 2.51. The number of rotatable bonds is 17. The van der Waals surface area contributed by atoms with Gasteiger partial charge in [-0.15, -0.1) is 23.4 Å². The summed E-state index contributed by atoms with van der Waals surface area (Å²) in [6, 6.07) is 6.69. The molecule has 0 spiro atoms. The molecule has 2 aromatic rings. The van der Waals surface area contributed by atoms with E-state index in [1.807, 2.05) is 43.0 Å². The van der Waals surface area contributed by atoms with Gasteiger partial charge in [0, 0.05) is 82.5 Å². The van der Waals surface area contributed by atoms with Crippen molar-refractivity contribution in [3.05, 3.63) is 71.3 Å². The number of aliphatic hydroxyl groups excluding tert-OH is 3. The number of hydrogen-bond acceptors (Lipinski definition) is 18. The minimum absolute atomic E-state index is 0.0237. The van der Waals surface area contributed by atoms with Gasteiger partial charge in [0.05, 0.1) is 17.3 Å². The number of esters is 1. The lowest BCUT2D eigenvalue weighted by Crippen LogP contribution is -2.65. The second-order valence-corrected chi connectivity index (χ2v) is 29.2. The molecule has 7 unspecified atom stereocenters. The Labute approximate surface area is 553 Å². The van der Waals surface area contributed by atoms with Crippen molar-refractivity contribution in [2.24, 2.45) is 23.7 Å². The maximum atomic E-state index is 15.8. The van der Waals surface area contributed by atoms with Crippen molar-refractivity contribution >= 4 is 88.2 Å². The van der Waals surface area contributed by atoms with Crippen LogP contribution in [0.15, 0.2) is 54.6 Å². The molecule has 0 aliphatic carbocycles. The number of Topliss-reactive ketones (excluding diaryl/α,β-unsaturated/α-hetero) is 1. The summed E-state index contributed by atoms with van der Waals surface area (Å²) in [5.74, 6) is -5.94. The number of benzene rings is 2. The lowest BCUT2D eigenvalue weighted by Gasteiger charge is -2.45. The van der Waals surface area contributed by atoms with E-state index in [2.05, 4.69) is 26.2 Å². The van der Waals surface area contributed by atoms with Crippen molar-refractivity contribution in [2.75, 3.05) is 71.4 Å². The SMILES string of the molecule is CCC1CC(C(=O)NC(C(C)Cl)C2O[C@H](SC)C(O)[C@H](O)[C@H]2O)CN(CCC(=O)N[C@@H]2C(=O)N[C@H](CC)C(=O)N3CCC[C@H]3C(=O)N(C)[C@@H](Cc3ccc(C)cc3)C(=O)N3C[C@@H](CSC4CN5CCC4CC5)C(=O)C[C@H]3C(=O)N[C@@H](c3ccccc3)C(=O)O[C@@H]2C)C1. The van der Waals surface area contributed by atoms with Crippen molar-refractivity contribution < 1.29 is 67.9 Å². The number of carbonyl (C=O) groups is 9. The van der Waals surface area contributed by atoms with Gasteiger partial charge in [0.2, 0.25) is 41.4 Å². The molecule has 8 aliphatic heterocycles. The third kappa shape index (κ3) is 16.6.